The van der Waals surface area contributed by atoms with Gasteiger partial charge in [-0.15, -0.1) is 0 Å². The van der Waals surface area contributed by atoms with Crippen LogP contribution in [0.4, 0.5) is 11.4 Å². The highest BCUT2D eigenvalue weighted by atomic mass is 79.9. The molecule has 0 saturated carbocycles. The van der Waals surface area contributed by atoms with E-state index < -0.39 is 10.8 Å². The summed E-state index contributed by atoms with van der Waals surface area (Å²) < 4.78 is 0.651. The van der Waals surface area contributed by atoms with Crippen molar-refractivity contribution in [3.63, 3.8) is 0 Å². The Balaban J connectivity index is 2.31. The zero-order valence-electron chi connectivity index (χ0n) is 10.3. The molecule has 0 bridgehead atoms. The lowest BCUT2D eigenvalue weighted by atomic mass is 10.2. The van der Waals surface area contributed by atoms with E-state index in [0.29, 0.717) is 9.50 Å². The van der Waals surface area contributed by atoms with E-state index >= 15 is 0 Å². The summed E-state index contributed by atoms with van der Waals surface area (Å²) in [6, 6.07) is 8.63. The lowest BCUT2D eigenvalue weighted by Gasteiger charge is -2.07. The predicted molar refractivity (Wildman–Crippen MR) is 85.2 cm³/mol. The molecule has 5 nitrogen and oxygen atoms in total. The second kappa shape index (κ2) is 6.43. The fourth-order valence-corrected chi connectivity index (χ4v) is 2.19. The zero-order chi connectivity index (χ0) is 15.6. The van der Waals surface area contributed by atoms with E-state index in [1.54, 1.807) is 12.1 Å². The molecular weight excluding hydrogens is 383 g/mol. The first-order valence-electron chi connectivity index (χ1n) is 5.59. The number of rotatable bonds is 3. The van der Waals surface area contributed by atoms with Crippen molar-refractivity contribution in [2.75, 3.05) is 5.32 Å². The van der Waals surface area contributed by atoms with E-state index in [2.05, 4.69) is 21.2 Å². The number of carbonyl (C=O) groups excluding carboxylic acids is 1. The molecule has 0 unspecified atom stereocenters. The van der Waals surface area contributed by atoms with Gasteiger partial charge in [0.2, 0.25) is 0 Å². The number of amides is 1. The average molecular weight is 390 g/mol. The number of nitrogens with one attached hydrogen (secondary N) is 1. The molecular formula is C13H7BrCl2N2O3. The van der Waals surface area contributed by atoms with Gasteiger partial charge < -0.3 is 5.32 Å². The van der Waals surface area contributed by atoms with E-state index in [9.17, 15) is 14.9 Å². The maximum absolute atomic E-state index is 12.1. The second-order valence-electron chi connectivity index (χ2n) is 4.00. The van der Waals surface area contributed by atoms with Gasteiger partial charge in [-0.1, -0.05) is 23.2 Å². The molecule has 2 aromatic carbocycles. The van der Waals surface area contributed by atoms with Crippen molar-refractivity contribution < 1.29 is 9.72 Å². The highest BCUT2D eigenvalue weighted by Crippen LogP contribution is 2.29. The molecule has 0 aliphatic rings. The normalized spacial score (nSPS) is 10.2. The van der Waals surface area contributed by atoms with Crippen LogP contribution in [-0.4, -0.2) is 10.8 Å². The number of halogens is 3. The van der Waals surface area contributed by atoms with Crippen molar-refractivity contribution in [3.8, 4) is 0 Å². The smallest absolute Gasteiger partial charge is 0.294 e. The fourth-order valence-electron chi connectivity index (χ4n) is 1.59. The van der Waals surface area contributed by atoms with Crippen molar-refractivity contribution in [1.82, 2.24) is 0 Å². The molecule has 2 rings (SSSR count). The highest BCUT2D eigenvalue weighted by Gasteiger charge is 2.17. The molecule has 0 aromatic heterocycles. The summed E-state index contributed by atoms with van der Waals surface area (Å²) in [7, 11) is 0. The second-order valence-corrected chi connectivity index (χ2v) is 5.70. The summed E-state index contributed by atoms with van der Waals surface area (Å²) >= 11 is 14.8. The third kappa shape index (κ3) is 3.72. The van der Waals surface area contributed by atoms with Crippen molar-refractivity contribution >= 4 is 56.4 Å². The topological polar surface area (TPSA) is 72.2 Å². The van der Waals surface area contributed by atoms with Gasteiger partial charge in [-0.2, -0.15) is 0 Å². The molecule has 0 radical (unpaired) electrons. The van der Waals surface area contributed by atoms with E-state index in [0.717, 1.165) is 0 Å². The Labute approximate surface area is 138 Å². The molecule has 8 heteroatoms. The molecule has 21 heavy (non-hydrogen) atoms. The summed E-state index contributed by atoms with van der Waals surface area (Å²) in [5.74, 6) is -0.505. The van der Waals surface area contributed by atoms with Crippen LogP contribution in [-0.2, 0) is 0 Å². The van der Waals surface area contributed by atoms with Gasteiger partial charge in [0.25, 0.3) is 11.6 Å². The summed E-state index contributed by atoms with van der Waals surface area (Å²) in [5.41, 5.74) is 0.0694. The standard InChI is InChI=1S/C13H7BrCl2N2O3/c14-9-3-1-7(5-10(9)16)13(19)17-11-4-2-8(15)6-12(11)18(20)21/h1-6H,(H,17,19). The van der Waals surface area contributed by atoms with Crippen LogP contribution in [0.5, 0.6) is 0 Å². The van der Waals surface area contributed by atoms with Crippen LogP contribution in [0.15, 0.2) is 40.9 Å². The summed E-state index contributed by atoms with van der Waals surface area (Å²) in [4.78, 5) is 22.4. The number of nitro benzene ring substituents is 1. The van der Waals surface area contributed by atoms with Gasteiger partial charge in [0.05, 0.1) is 9.95 Å². The number of anilines is 1. The monoisotopic (exact) mass is 388 g/mol. The van der Waals surface area contributed by atoms with Crippen LogP contribution in [0, 0.1) is 10.1 Å². The Hall–Kier alpha value is -1.63. The SMILES string of the molecule is O=C(Nc1ccc(Cl)cc1[N+](=O)[O-])c1ccc(Br)c(Cl)c1. The van der Waals surface area contributed by atoms with Gasteiger partial charge >= 0.3 is 0 Å². The predicted octanol–water partition coefficient (Wildman–Crippen LogP) is 4.92. The molecule has 1 N–H and O–H groups in total. The summed E-state index contributed by atoms with van der Waals surface area (Å²) in [6.07, 6.45) is 0. The fraction of sp³-hybridized carbons (Fsp3) is 0. The van der Waals surface area contributed by atoms with Crippen LogP contribution < -0.4 is 5.32 Å². The van der Waals surface area contributed by atoms with Crippen molar-refractivity contribution in [3.05, 3.63) is 66.6 Å². The van der Waals surface area contributed by atoms with Crippen LogP contribution in [0.3, 0.4) is 0 Å². The number of carbonyl (C=O) groups is 1. The largest absolute Gasteiger partial charge is 0.316 e. The van der Waals surface area contributed by atoms with Crippen LogP contribution in [0.25, 0.3) is 0 Å². The Morgan fingerprint density at radius 3 is 2.52 bits per heavy atom. The Morgan fingerprint density at radius 2 is 1.90 bits per heavy atom. The van der Waals surface area contributed by atoms with E-state index in [4.69, 9.17) is 23.2 Å². The van der Waals surface area contributed by atoms with E-state index in [-0.39, 0.29) is 22.0 Å². The van der Waals surface area contributed by atoms with Gasteiger partial charge in [-0.25, -0.2) is 0 Å². The number of hydrogen-bond acceptors (Lipinski definition) is 3. The Kier molecular flexibility index (Phi) is 4.82. The maximum atomic E-state index is 12.1. The molecule has 0 aliphatic heterocycles. The summed E-state index contributed by atoms with van der Waals surface area (Å²) in [6.45, 7) is 0. The lowest BCUT2D eigenvalue weighted by molar-refractivity contribution is -0.383. The van der Waals surface area contributed by atoms with Gasteiger partial charge in [0, 0.05) is 21.1 Å². The van der Waals surface area contributed by atoms with E-state index in [1.165, 1.54) is 24.3 Å². The Morgan fingerprint density at radius 1 is 1.19 bits per heavy atom. The number of hydrogen-bond donors (Lipinski definition) is 1. The minimum absolute atomic E-state index is 0.0634. The minimum atomic E-state index is -0.615. The lowest BCUT2D eigenvalue weighted by Crippen LogP contribution is -2.13. The van der Waals surface area contributed by atoms with Crippen LogP contribution in [0.1, 0.15) is 10.4 Å². The molecule has 0 spiro atoms. The number of nitrogens with zero attached hydrogens (tertiary/aromatic N) is 1. The first kappa shape index (κ1) is 15.8. The molecule has 1 amide bonds. The minimum Gasteiger partial charge on any atom is -0.316 e. The Bertz CT molecular complexity index is 737. The zero-order valence-corrected chi connectivity index (χ0v) is 13.4. The van der Waals surface area contributed by atoms with Crippen molar-refractivity contribution in [1.29, 1.82) is 0 Å². The quantitative estimate of drug-likeness (QED) is 0.598. The van der Waals surface area contributed by atoms with Gasteiger partial charge in [-0.3, -0.25) is 14.9 Å². The van der Waals surface area contributed by atoms with Crippen molar-refractivity contribution in [2.24, 2.45) is 0 Å². The van der Waals surface area contributed by atoms with Crippen LogP contribution in [0.2, 0.25) is 10.0 Å². The van der Waals surface area contributed by atoms with Gasteiger partial charge in [0.1, 0.15) is 5.69 Å². The van der Waals surface area contributed by atoms with Crippen LogP contribution >= 0.6 is 39.1 Å². The van der Waals surface area contributed by atoms with Gasteiger partial charge in [0.15, 0.2) is 0 Å². The molecule has 0 aliphatic carbocycles. The molecule has 0 fully saturated rings. The first-order valence-corrected chi connectivity index (χ1v) is 7.13. The molecule has 2 aromatic rings. The maximum Gasteiger partial charge on any atom is 0.294 e. The number of benzene rings is 2. The first-order chi connectivity index (χ1) is 9.88. The molecule has 0 atom stereocenters. The third-order valence-electron chi connectivity index (χ3n) is 2.59. The molecule has 0 heterocycles. The van der Waals surface area contributed by atoms with E-state index in [1.807, 2.05) is 0 Å². The van der Waals surface area contributed by atoms with Gasteiger partial charge in [-0.05, 0) is 46.3 Å². The molecule has 0 saturated heterocycles. The summed E-state index contributed by atoms with van der Waals surface area (Å²) in [5, 5.41) is 14.0. The number of nitro groups is 1. The molecule has 108 valence electrons. The highest BCUT2D eigenvalue weighted by molar-refractivity contribution is 9.10. The van der Waals surface area contributed by atoms with Crippen molar-refractivity contribution in [2.45, 2.75) is 0 Å². The third-order valence-corrected chi connectivity index (χ3v) is 4.05. The average Bonchev–Trinajstić information content (AvgIpc) is 2.43.